The highest BCUT2D eigenvalue weighted by molar-refractivity contribution is 7.80. The Hall–Kier alpha value is -3.66. The third-order valence-corrected chi connectivity index (χ3v) is 8.01. The first-order valence-corrected chi connectivity index (χ1v) is 15.2. The summed E-state index contributed by atoms with van der Waals surface area (Å²) >= 11 is 5.79. The van der Waals surface area contributed by atoms with Crippen LogP contribution in [0.1, 0.15) is 65.5 Å². The lowest BCUT2D eigenvalue weighted by Gasteiger charge is -2.30. The van der Waals surface area contributed by atoms with Gasteiger partial charge in [-0.3, -0.25) is 9.88 Å². The summed E-state index contributed by atoms with van der Waals surface area (Å²) in [5, 5.41) is 4.00. The molecule has 1 N–H and O–H groups in total. The Morgan fingerprint density at radius 1 is 1.16 bits per heavy atom. The van der Waals surface area contributed by atoms with Gasteiger partial charge in [-0.2, -0.15) is 0 Å². The van der Waals surface area contributed by atoms with Crippen LogP contribution in [0.3, 0.4) is 0 Å². The second-order valence-corrected chi connectivity index (χ2v) is 12.5. The summed E-state index contributed by atoms with van der Waals surface area (Å²) < 4.78 is 22.9. The molecule has 2 heterocycles. The molecule has 1 saturated heterocycles. The molecule has 0 saturated carbocycles. The molecule has 1 aromatic heterocycles. The van der Waals surface area contributed by atoms with Crippen molar-refractivity contribution in [3.8, 4) is 11.5 Å². The monoisotopic (exact) mass is 609 g/mol. The zero-order valence-corrected chi connectivity index (χ0v) is 26.9. The number of carbonyl (C=O) groups excluding carboxylic acids is 2. The van der Waals surface area contributed by atoms with Crippen LogP contribution in [0.25, 0.3) is 10.9 Å². The molecular weight excluding hydrogens is 566 g/mol. The molecule has 1 aliphatic heterocycles. The van der Waals surface area contributed by atoms with E-state index in [1.807, 2.05) is 58.0 Å². The van der Waals surface area contributed by atoms with Gasteiger partial charge in [-0.1, -0.05) is 56.8 Å². The molecule has 2 aromatic rings. The van der Waals surface area contributed by atoms with Crippen LogP contribution in [-0.2, 0) is 14.3 Å². The molecule has 1 fully saturated rings. The number of ether oxygens (including phenoxy) is 4. The lowest BCUT2D eigenvalue weighted by atomic mass is 9.87. The normalized spacial score (nSPS) is 22.3. The van der Waals surface area contributed by atoms with Crippen LogP contribution in [0, 0.1) is 5.92 Å². The van der Waals surface area contributed by atoms with Crippen molar-refractivity contribution in [2.45, 2.75) is 83.6 Å². The van der Waals surface area contributed by atoms with E-state index in [9.17, 15) is 9.59 Å². The summed E-state index contributed by atoms with van der Waals surface area (Å²) in [6.07, 6.45) is 9.25. The van der Waals surface area contributed by atoms with Crippen LogP contribution in [0.2, 0.25) is 0 Å². The number of rotatable bonds is 9. The highest BCUT2D eigenvalue weighted by Gasteiger charge is 2.42. The van der Waals surface area contributed by atoms with Gasteiger partial charge >= 0.3 is 12.1 Å². The molecule has 5 atom stereocenters. The van der Waals surface area contributed by atoms with Gasteiger partial charge in [-0.15, -0.1) is 0 Å². The summed E-state index contributed by atoms with van der Waals surface area (Å²) in [5.74, 6) is 1.33. The summed E-state index contributed by atoms with van der Waals surface area (Å²) in [5.41, 5.74) is 0.957. The van der Waals surface area contributed by atoms with Crippen LogP contribution < -0.4 is 14.8 Å². The van der Waals surface area contributed by atoms with Gasteiger partial charge in [0, 0.05) is 29.9 Å². The largest absolute Gasteiger partial charge is 0.497 e. The first-order valence-electron chi connectivity index (χ1n) is 14.8. The van der Waals surface area contributed by atoms with E-state index in [4.69, 9.17) is 36.1 Å². The van der Waals surface area contributed by atoms with E-state index in [1.54, 1.807) is 12.0 Å². The molecule has 0 spiro atoms. The lowest BCUT2D eigenvalue weighted by molar-refractivity contribution is -0.142. The molecular formula is C33H43N3O6S. The smallest absolute Gasteiger partial charge is 0.411 e. The van der Waals surface area contributed by atoms with Gasteiger partial charge in [0.25, 0.3) is 0 Å². The van der Waals surface area contributed by atoms with E-state index < -0.39 is 29.7 Å². The molecule has 43 heavy (non-hydrogen) atoms. The van der Waals surface area contributed by atoms with Crippen LogP contribution in [0.5, 0.6) is 11.5 Å². The number of fused-ring (bicyclic) bond motifs is 1. The number of amides is 1. The van der Waals surface area contributed by atoms with Gasteiger partial charge in [0.05, 0.1) is 43.0 Å². The Bertz CT molecular complexity index is 1400. The molecule has 1 aromatic carbocycles. The van der Waals surface area contributed by atoms with E-state index in [-0.39, 0.29) is 24.5 Å². The summed E-state index contributed by atoms with van der Waals surface area (Å²) in [7, 11) is 2.98. The van der Waals surface area contributed by atoms with Crippen molar-refractivity contribution in [3.63, 3.8) is 0 Å². The average Bonchev–Trinajstić information content (AvgIpc) is 3.39. The maximum atomic E-state index is 13.4. The summed E-state index contributed by atoms with van der Waals surface area (Å²) in [6, 6.07) is 6.59. The fourth-order valence-electron chi connectivity index (χ4n) is 5.46. The maximum absolute atomic E-state index is 13.4. The topological polar surface area (TPSA) is 99.2 Å². The second kappa shape index (κ2) is 13.8. The van der Waals surface area contributed by atoms with Crippen LogP contribution in [0.15, 0.2) is 48.6 Å². The third-order valence-electron chi connectivity index (χ3n) is 7.62. The number of nitrogens with one attached hydrogen (secondary N) is 1. The fourth-order valence-corrected chi connectivity index (χ4v) is 5.82. The quantitative estimate of drug-likeness (QED) is 0.267. The molecule has 9 nitrogen and oxygen atoms in total. The SMILES string of the molecule is CCCC(NC(=S)[C@@H]1C[C@@H](Oc2cc(C3C=CC=CC3C)nc3cc(OC)ccc23)CN1C(=O)OC(C)(C)C)C(=O)OC. The summed E-state index contributed by atoms with van der Waals surface area (Å²) in [4.78, 5) is 32.8. The minimum absolute atomic E-state index is 0.0862. The Labute approximate surface area is 259 Å². The first-order chi connectivity index (χ1) is 20.4. The van der Waals surface area contributed by atoms with E-state index in [0.717, 1.165) is 23.0 Å². The molecule has 3 unspecified atom stereocenters. The number of allylic oxidation sites excluding steroid dienone is 4. The van der Waals surface area contributed by atoms with Crippen molar-refractivity contribution in [2.75, 3.05) is 20.8 Å². The molecule has 2 aliphatic rings. The highest BCUT2D eigenvalue weighted by atomic mass is 32.1. The number of esters is 1. The van der Waals surface area contributed by atoms with Crippen molar-refractivity contribution in [1.29, 1.82) is 0 Å². The van der Waals surface area contributed by atoms with Gasteiger partial charge in [0.15, 0.2) is 0 Å². The van der Waals surface area contributed by atoms with Crippen molar-refractivity contribution in [1.82, 2.24) is 15.2 Å². The summed E-state index contributed by atoms with van der Waals surface area (Å²) in [6.45, 7) is 9.88. The predicted octanol–water partition coefficient (Wildman–Crippen LogP) is 6.10. The Kier molecular flexibility index (Phi) is 10.3. The number of hydrogen-bond donors (Lipinski definition) is 1. The second-order valence-electron chi connectivity index (χ2n) is 12.1. The maximum Gasteiger partial charge on any atom is 0.411 e. The number of nitrogens with zero attached hydrogens (tertiary/aromatic N) is 2. The molecule has 4 rings (SSSR count). The van der Waals surface area contributed by atoms with Crippen molar-refractivity contribution < 1.29 is 28.5 Å². The fraction of sp³-hybridized carbons (Fsp3) is 0.515. The van der Waals surface area contributed by atoms with Gasteiger partial charge < -0.3 is 24.3 Å². The molecule has 0 radical (unpaired) electrons. The number of benzene rings is 1. The standard InChI is InChI=1S/C33H43N3O6S/c1-8-11-25(31(37)40-7)35-30(43)28-17-22(19-36(28)32(38)42-33(3,4)5)41-29-18-27(23-13-10-9-12-20(23)2)34-26-16-21(39-6)14-15-24(26)29/h9-10,12-16,18,20,22-23,25,28H,8,11,17,19H2,1-7H3,(H,35,43)/t20?,22-,23?,25?,28+/m1/s1. The minimum atomic E-state index is -0.694. The molecule has 232 valence electrons. The third kappa shape index (κ3) is 7.84. The van der Waals surface area contributed by atoms with Crippen LogP contribution in [-0.4, -0.2) is 71.5 Å². The molecule has 1 aliphatic carbocycles. The number of likely N-dealkylation sites (tertiary alicyclic amines) is 1. The lowest BCUT2D eigenvalue weighted by Crippen LogP contribution is -2.51. The molecule has 10 heteroatoms. The number of carbonyl (C=O) groups is 2. The Balaban J connectivity index is 1.66. The predicted molar refractivity (Wildman–Crippen MR) is 171 cm³/mol. The van der Waals surface area contributed by atoms with Crippen LogP contribution >= 0.6 is 12.2 Å². The first kappa shape index (κ1) is 32.3. The zero-order valence-electron chi connectivity index (χ0n) is 26.1. The van der Waals surface area contributed by atoms with E-state index in [1.165, 1.54) is 7.11 Å². The van der Waals surface area contributed by atoms with E-state index in [2.05, 4.69) is 30.5 Å². The van der Waals surface area contributed by atoms with Gasteiger partial charge in [-0.25, -0.2) is 9.59 Å². The van der Waals surface area contributed by atoms with Crippen molar-refractivity contribution in [2.24, 2.45) is 5.92 Å². The average molecular weight is 610 g/mol. The number of hydrogen-bond acceptors (Lipinski definition) is 8. The highest BCUT2D eigenvalue weighted by Crippen LogP contribution is 2.37. The van der Waals surface area contributed by atoms with Crippen molar-refractivity contribution >= 4 is 40.2 Å². The number of aromatic nitrogens is 1. The Morgan fingerprint density at radius 2 is 1.91 bits per heavy atom. The van der Waals surface area contributed by atoms with Crippen molar-refractivity contribution in [3.05, 3.63) is 54.3 Å². The zero-order chi connectivity index (χ0) is 31.3. The number of methoxy groups -OCH3 is 2. The Morgan fingerprint density at radius 3 is 2.56 bits per heavy atom. The molecule has 1 amide bonds. The van der Waals surface area contributed by atoms with E-state index in [0.29, 0.717) is 29.3 Å². The minimum Gasteiger partial charge on any atom is -0.497 e. The molecule has 0 bridgehead atoms. The number of pyridine rings is 1. The van der Waals surface area contributed by atoms with Crippen LogP contribution in [0.4, 0.5) is 4.79 Å². The van der Waals surface area contributed by atoms with Gasteiger partial charge in [-0.05, 0) is 45.2 Å². The number of thiocarbonyl (C=S) groups is 1. The van der Waals surface area contributed by atoms with Gasteiger partial charge in [0.2, 0.25) is 0 Å². The van der Waals surface area contributed by atoms with E-state index >= 15 is 0 Å². The van der Waals surface area contributed by atoms with Gasteiger partial charge in [0.1, 0.15) is 29.2 Å².